The van der Waals surface area contributed by atoms with Crippen molar-refractivity contribution in [1.29, 1.82) is 5.26 Å². The smallest absolute Gasteiger partial charge is 0.338 e. The van der Waals surface area contributed by atoms with Gasteiger partial charge < -0.3 is 4.74 Å². The molecule has 1 rings (SSSR count). The largest absolute Gasteiger partial charge is 0.465 e. The minimum atomic E-state index is -2.89. The molecule has 0 fully saturated rings. The standard InChI is InChI=1S/C9H5BrF2N2O2/c1-16-9(15)5-2-4(3-13)14-7(10)6(5)8(11)12/h2,8H,1H3. The second kappa shape index (κ2) is 4.99. The number of alkyl halides is 2. The van der Waals surface area contributed by atoms with Crippen LogP contribution in [0.5, 0.6) is 0 Å². The Hall–Kier alpha value is -1.55. The van der Waals surface area contributed by atoms with Crippen LogP contribution in [0.15, 0.2) is 10.7 Å². The summed E-state index contributed by atoms with van der Waals surface area (Å²) in [7, 11) is 1.07. The van der Waals surface area contributed by atoms with E-state index in [2.05, 4.69) is 25.7 Å². The molecule has 1 aromatic heterocycles. The average molecular weight is 291 g/mol. The van der Waals surface area contributed by atoms with Crippen LogP contribution in [0.2, 0.25) is 0 Å². The molecule has 0 spiro atoms. The Morgan fingerprint density at radius 3 is 2.75 bits per heavy atom. The number of nitriles is 1. The Kier molecular flexibility index (Phi) is 3.90. The van der Waals surface area contributed by atoms with Gasteiger partial charge in [-0.15, -0.1) is 0 Å². The van der Waals surface area contributed by atoms with E-state index in [4.69, 9.17) is 5.26 Å². The summed E-state index contributed by atoms with van der Waals surface area (Å²) in [4.78, 5) is 14.8. The molecule has 0 aromatic carbocycles. The lowest BCUT2D eigenvalue weighted by molar-refractivity contribution is 0.0588. The topological polar surface area (TPSA) is 63.0 Å². The first-order valence-electron chi connectivity index (χ1n) is 3.98. The second-order valence-electron chi connectivity index (χ2n) is 2.66. The molecule has 0 aliphatic carbocycles. The summed E-state index contributed by atoms with van der Waals surface area (Å²) in [5, 5.41) is 8.60. The number of esters is 1. The molecule has 0 atom stereocenters. The summed E-state index contributed by atoms with van der Waals surface area (Å²) < 4.78 is 29.4. The number of hydrogen-bond acceptors (Lipinski definition) is 4. The molecule has 0 radical (unpaired) electrons. The zero-order chi connectivity index (χ0) is 12.3. The third-order valence-electron chi connectivity index (χ3n) is 1.75. The maximum atomic E-state index is 12.7. The van der Waals surface area contributed by atoms with E-state index in [1.807, 2.05) is 0 Å². The highest BCUT2D eigenvalue weighted by atomic mass is 79.9. The van der Waals surface area contributed by atoms with Gasteiger partial charge in [0.25, 0.3) is 6.43 Å². The van der Waals surface area contributed by atoms with Crippen molar-refractivity contribution in [2.75, 3.05) is 7.11 Å². The van der Waals surface area contributed by atoms with E-state index in [0.717, 1.165) is 13.2 Å². The van der Waals surface area contributed by atoms with Crippen molar-refractivity contribution in [3.63, 3.8) is 0 Å². The van der Waals surface area contributed by atoms with Crippen molar-refractivity contribution in [1.82, 2.24) is 4.98 Å². The maximum Gasteiger partial charge on any atom is 0.338 e. The number of halogens is 3. The van der Waals surface area contributed by atoms with Gasteiger partial charge in [-0.25, -0.2) is 18.6 Å². The Balaban J connectivity index is 3.48. The number of ether oxygens (including phenoxy) is 1. The number of carbonyl (C=O) groups excluding carboxylic acids is 1. The first-order valence-corrected chi connectivity index (χ1v) is 4.77. The summed E-state index contributed by atoms with van der Waals surface area (Å²) >= 11 is 2.79. The number of carbonyl (C=O) groups is 1. The van der Waals surface area contributed by atoms with Crippen LogP contribution >= 0.6 is 15.9 Å². The molecule has 4 nitrogen and oxygen atoms in total. The zero-order valence-electron chi connectivity index (χ0n) is 8.00. The fraction of sp³-hybridized carbons (Fsp3) is 0.222. The quantitative estimate of drug-likeness (QED) is 0.620. The van der Waals surface area contributed by atoms with Crippen LogP contribution in [0.1, 0.15) is 28.0 Å². The van der Waals surface area contributed by atoms with Gasteiger partial charge in [0.05, 0.1) is 18.2 Å². The Labute approximate surface area is 98.0 Å². The van der Waals surface area contributed by atoms with Crippen LogP contribution in [0, 0.1) is 11.3 Å². The van der Waals surface area contributed by atoms with E-state index in [-0.39, 0.29) is 15.9 Å². The summed E-state index contributed by atoms with van der Waals surface area (Å²) in [5.74, 6) is -0.935. The van der Waals surface area contributed by atoms with Crippen molar-refractivity contribution in [2.45, 2.75) is 6.43 Å². The molecule has 0 saturated carbocycles. The number of nitrogens with zero attached hydrogens (tertiary/aromatic N) is 2. The maximum absolute atomic E-state index is 12.7. The number of hydrogen-bond donors (Lipinski definition) is 0. The highest BCUT2D eigenvalue weighted by Gasteiger charge is 2.24. The number of methoxy groups -OCH3 is 1. The van der Waals surface area contributed by atoms with Crippen LogP contribution in [-0.2, 0) is 4.74 Å². The SMILES string of the molecule is COC(=O)c1cc(C#N)nc(Br)c1C(F)F. The fourth-order valence-corrected chi connectivity index (χ4v) is 1.65. The molecule has 0 unspecified atom stereocenters. The Bertz CT molecular complexity index is 471. The summed E-state index contributed by atoms with van der Waals surface area (Å²) in [5.41, 5.74) is -1.08. The van der Waals surface area contributed by atoms with Gasteiger partial charge in [-0.2, -0.15) is 5.26 Å². The minimum absolute atomic E-state index is 0.142. The molecular weight excluding hydrogens is 286 g/mol. The van der Waals surface area contributed by atoms with Crippen LogP contribution in [-0.4, -0.2) is 18.1 Å². The van der Waals surface area contributed by atoms with Crippen molar-refractivity contribution in [2.24, 2.45) is 0 Å². The summed E-state index contributed by atoms with van der Waals surface area (Å²) in [6.45, 7) is 0. The van der Waals surface area contributed by atoms with Crippen LogP contribution in [0.4, 0.5) is 8.78 Å². The Morgan fingerprint density at radius 2 is 2.31 bits per heavy atom. The molecule has 0 saturated heterocycles. The Morgan fingerprint density at radius 1 is 1.69 bits per heavy atom. The summed E-state index contributed by atoms with van der Waals surface area (Å²) in [6, 6.07) is 2.63. The molecule has 7 heteroatoms. The number of rotatable bonds is 2. The van der Waals surface area contributed by atoms with Gasteiger partial charge in [0.15, 0.2) is 0 Å². The van der Waals surface area contributed by atoms with Crippen molar-refractivity contribution >= 4 is 21.9 Å². The van der Waals surface area contributed by atoms with Crippen molar-refractivity contribution in [3.05, 3.63) is 27.5 Å². The van der Waals surface area contributed by atoms with Crippen molar-refractivity contribution < 1.29 is 18.3 Å². The van der Waals surface area contributed by atoms with E-state index in [0.29, 0.717) is 0 Å². The lowest BCUT2D eigenvalue weighted by Gasteiger charge is -2.08. The molecular formula is C9H5BrF2N2O2. The molecule has 0 bridgehead atoms. The van der Waals surface area contributed by atoms with E-state index < -0.39 is 18.0 Å². The van der Waals surface area contributed by atoms with Gasteiger partial charge >= 0.3 is 5.97 Å². The molecule has 16 heavy (non-hydrogen) atoms. The average Bonchev–Trinajstić information content (AvgIpc) is 2.26. The third-order valence-corrected chi connectivity index (χ3v) is 2.35. The molecule has 0 amide bonds. The van der Waals surface area contributed by atoms with Gasteiger partial charge in [0, 0.05) is 0 Å². The first kappa shape index (κ1) is 12.5. The van der Waals surface area contributed by atoms with E-state index in [9.17, 15) is 13.6 Å². The predicted octanol–water partition coefficient (Wildman–Crippen LogP) is 2.44. The molecule has 0 N–H and O–H groups in total. The van der Waals surface area contributed by atoms with Crippen LogP contribution in [0.3, 0.4) is 0 Å². The normalized spacial score (nSPS) is 10.0. The lowest BCUT2D eigenvalue weighted by atomic mass is 10.1. The number of aromatic nitrogens is 1. The second-order valence-corrected chi connectivity index (χ2v) is 3.41. The monoisotopic (exact) mass is 290 g/mol. The van der Waals surface area contributed by atoms with Crippen LogP contribution in [0.25, 0.3) is 0 Å². The molecule has 1 aromatic rings. The van der Waals surface area contributed by atoms with Gasteiger partial charge in [-0.1, -0.05) is 0 Å². The van der Waals surface area contributed by atoms with E-state index in [1.54, 1.807) is 6.07 Å². The zero-order valence-corrected chi connectivity index (χ0v) is 9.59. The third kappa shape index (κ3) is 2.33. The highest BCUT2D eigenvalue weighted by Crippen LogP contribution is 2.30. The molecule has 0 aliphatic heterocycles. The minimum Gasteiger partial charge on any atom is -0.465 e. The van der Waals surface area contributed by atoms with Gasteiger partial charge in [-0.05, 0) is 22.0 Å². The first-order chi connectivity index (χ1) is 7.51. The summed E-state index contributed by atoms with van der Waals surface area (Å²) in [6.07, 6.45) is -2.89. The lowest BCUT2D eigenvalue weighted by Crippen LogP contribution is -2.09. The predicted molar refractivity (Wildman–Crippen MR) is 52.9 cm³/mol. The van der Waals surface area contributed by atoms with Gasteiger partial charge in [0.1, 0.15) is 16.4 Å². The van der Waals surface area contributed by atoms with Crippen LogP contribution < -0.4 is 0 Å². The van der Waals surface area contributed by atoms with Gasteiger partial charge in [-0.3, -0.25) is 0 Å². The highest BCUT2D eigenvalue weighted by molar-refractivity contribution is 9.10. The van der Waals surface area contributed by atoms with E-state index in [1.165, 1.54) is 0 Å². The van der Waals surface area contributed by atoms with Crippen molar-refractivity contribution in [3.8, 4) is 6.07 Å². The molecule has 1 heterocycles. The van der Waals surface area contributed by atoms with E-state index >= 15 is 0 Å². The molecule has 84 valence electrons. The number of pyridine rings is 1. The molecule has 0 aliphatic rings. The fourth-order valence-electron chi connectivity index (χ4n) is 1.07. The van der Waals surface area contributed by atoms with Gasteiger partial charge in [0.2, 0.25) is 0 Å².